The lowest BCUT2D eigenvalue weighted by atomic mass is 10.0. The molecule has 1 rings (SSSR count). The zero-order valence-corrected chi connectivity index (χ0v) is 10.2. The van der Waals surface area contributed by atoms with Crippen LogP contribution in [0.25, 0.3) is 0 Å². The first kappa shape index (κ1) is 12.0. The third kappa shape index (κ3) is 2.50. The highest BCUT2D eigenvalue weighted by molar-refractivity contribution is 5.29. The third-order valence-electron chi connectivity index (χ3n) is 3.62. The van der Waals surface area contributed by atoms with Crippen molar-refractivity contribution in [2.45, 2.75) is 27.2 Å². The summed E-state index contributed by atoms with van der Waals surface area (Å²) in [7, 11) is 0. The summed E-state index contributed by atoms with van der Waals surface area (Å²) in [6, 6.07) is 0. The zero-order chi connectivity index (χ0) is 11.4. The van der Waals surface area contributed by atoms with Crippen LogP contribution in [0.5, 0.6) is 0 Å². The molecule has 0 aromatic heterocycles. The Morgan fingerprint density at radius 1 is 1.13 bits per heavy atom. The van der Waals surface area contributed by atoms with Crippen LogP contribution in [-0.2, 0) is 0 Å². The molecule has 3 unspecified atom stereocenters. The minimum absolute atomic E-state index is 0.724. The molecule has 0 heteroatoms. The van der Waals surface area contributed by atoms with E-state index < -0.39 is 0 Å². The Kier molecular flexibility index (Phi) is 4.14. The Balaban J connectivity index is 2.62. The molecule has 0 aliphatic heterocycles. The lowest BCUT2D eigenvalue weighted by Crippen LogP contribution is -1.87. The maximum absolute atomic E-state index is 3.88. The molecule has 82 valence electrons. The van der Waals surface area contributed by atoms with Gasteiger partial charge in [-0.05, 0) is 43.6 Å². The molecule has 15 heavy (non-hydrogen) atoms. The first-order chi connectivity index (χ1) is 7.19. The molecule has 3 atom stereocenters. The van der Waals surface area contributed by atoms with E-state index in [2.05, 4.69) is 46.1 Å². The van der Waals surface area contributed by atoms with Crippen LogP contribution in [0.2, 0.25) is 0 Å². The van der Waals surface area contributed by atoms with Gasteiger partial charge in [0.05, 0.1) is 0 Å². The van der Waals surface area contributed by atoms with E-state index in [9.17, 15) is 0 Å². The maximum Gasteiger partial charge on any atom is -0.0102 e. The molecule has 0 aromatic carbocycles. The van der Waals surface area contributed by atoms with E-state index in [1.807, 2.05) is 12.2 Å². The molecule has 0 radical (unpaired) electrons. The van der Waals surface area contributed by atoms with Gasteiger partial charge in [0, 0.05) is 0 Å². The van der Waals surface area contributed by atoms with Gasteiger partial charge in [-0.2, -0.15) is 0 Å². The van der Waals surface area contributed by atoms with Crippen molar-refractivity contribution in [1.29, 1.82) is 0 Å². The highest BCUT2D eigenvalue weighted by Crippen LogP contribution is 2.54. The van der Waals surface area contributed by atoms with Crippen LogP contribution in [0, 0.1) is 17.8 Å². The van der Waals surface area contributed by atoms with Gasteiger partial charge in [-0.25, -0.2) is 0 Å². The van der Waals surface area contributed by atoms with E-state index in [-0.39, 0.29) is 0 Å². The van der Waals surface area contributed by atoms with Gasteiger partial charge in [0.15, 0.2) is 0 Å². The third-order valence-corrected chi connectivity index (χ3v) is 3.62. The SMILES string of the molecule is C=CC(=CC)CC1C(C)C1C(C=C)=CC. The predicted molar refractivity (Wildman–Crippen MR) is 68.7 cm³/mol. The Hall–Kier alpha value is -1.04. The molecular formula is C15H22. The molecule has 0 spiro atoms. The average Bonchev–Trinajstić information content (AvgIpc) is 2.88. The first-order valence-corrected chi connectivity index (χ1v) is 5.75. The lowest BCUT2D eigenvalue weighted by Gasteiger charge is -2.01. The fraction of sp³-hybridized carbons (Fsp3) is 0.467. The molecule has 0 bridgehead atoms. The highest BCUT2D eigenvalue weighted by atomic mass is 14.5. The summed E-state index contributed by atoms with van der Waals surface area (Å²) >= 11 is 0. The van der Waals surface area contributed by atoms with Crippen molar-refractivity contribution in [3.8, 4) is 0 Å². The second kappa shape index (κ2) is 5.16. The topological polar surface area (TPSA) is 0 Å². The van der Waals surface area contributed by atoms with Gasteiger partial charge in [0.2, 0.25) is 0 Å². The standard InChI is InChI=1S/C15H22/c1-6-12(7-2)10-14-11(5)15(14)13(8-3)9-4/h6-9,11,14-15H,1,3,10H2,2,4-5H3. The Morgan fingerprint density at radius 2 is 1.80 bits per heavy atom. The van der Waals surface area contributed by atoms with Crippen LogP contribution in [0.4, 0.5) is 0 Å². The minimum atomic E-state index is 0.724. The molecule has 1 fully saturated rings. The molecule has 0 aromatic rings. The van der Waals surface area contributed by atoms with E-state index >= 15 is 0 Å². The quantitative estimate of drug-likeness (QED) is 0.575. The van der Waals surface area contributed by atoms with Crippen molar-refractivity contribution in [2.24, 2.45) is 17.8 Å². The van der Waals surface area contributed by atoms with Crippen LogP contribution in [0.15, 0.2) is 48.6 Å². The maximum atomic E-state index is 3.88. The Morgan fingerprint density at radius 3 is 2.20 bits per heavy atom. The monoisotopic (exact) mass is 202 g/mol. The number of allylic oxidation sites excluding steroid dienone is 6. The lowest BCUT2D eigenvalue weighted by molar-refractivity contribution is 0.740. The average molecular weight is 202 g/mol. The summed E-state index contributed by atoms with van der Waals surface area (Å²) in [6.07, 6.45) is 9.50. The smallest absolute Gasteiger partial charge is 0.0102 e. The van der Waals surface area contributed by atoms with E-state index in [4.69, 9.17) is 0 Å². The van der Waals surface area contributed by atoms with Crippen molar-refractivity contribution in [3.05, 3.63) is 48.6 Å². The van der Waals surface area contributed by atoms with E-state index in [1.54, 1.807) is 0 Å². The summed E-state index contributed by atoms with van der Waals surface area (Å²) in [6.45, 7) is 14.2. The molecule has 1 saturated carbocycles. The van der Waals surface area contributed by atoms with Gasteiger partial charge < -0.3 is 0 Å². The molecule has 1 aliphatic carbocycles. The van der Waals surface area contributed by atoms with Gasteiger partial charge in [-0.1, -0.05) is 50.0 Å². The van der Waals surface area contributed by atoms with Crippen LogP contribution in [-0.4, -0.2) is 0 Å². The Labute approximate surface area is 94.1 Å². The summed E-state index contributed by atoms with van der Waals surface area (Å²) < 4.78 is 0. The van der Waals surface area contributed by atoms with Crippen LogP contribution >= 0.6 is 0 Å². The van der Waals surface area contributed by atoms with Crippen molar-refractivity contribution in [2.75, 3.05) is 0 Å². The predicted octanol–water partition coefficient (Wildman–Crippen LogP) is 4.52. The summed E-state index contributed by atoms with van der Waals surface area (Å²) in [5.74, 6) is 2.31. The van der Waals surface area contributed by atoms with Crippen LogP contribution in [0.1, 0.15) is 27.2 Å². The highest BCUT2D eigenvalue weighted by Gasteiger charge is 2.47. The van der Waals surface area contributed by atoms with Gasteiger partial charge in [-0.15, -0.1) is 0 Å². The summed E-state index contributed by atoms with van der Waals surface area (Å²) in [4.78, 5) is 0. The van der Waals surface area contributed by atoms with Gasteiger partial charge in [-0.3, -0.25) is 0 Å². The first-order valence-electron chi connectivity index (χ1n) is 5.75. The van der Waals surface area contributed by atoms with E-state index in [1.165, 1.54) is 11.1 Å². The summed E-state index contributed by atoms with van der Waals surface area (Å²) in [5.41, 5.74) is 2.78. The van der Waals surface area contributed by atoms with Crippen molar-refractivity contribution in [3.63, 3.8) is 0 Å². The molecular weight excluding hydrogens is 180 g/mol. The fourth-order valence-corrected chi connectivity index (χ4v) is 2.45. The second-order valence-electron chi connectivity index (χ2n) is 4.31. The molecule has 0 heterocycles. The fourth-order valence-electron chi connectivity index (χ4n) is 2.45. The van der Waals surface area contributed by atoms with Gasteiger partial charge in [0.25, 0.3) is 0 Å². The second-order valence-corrected chi connectivity index (χ2v) is 4.31. The molecule has 1 aliphatic rings. The molecule has 0 N–H and O–H groups in total. The molecule has 0 amide bonds. The number of hydrogen-bond acceptors (Lipinski definition) is 0. The molecule has 0 saturated heterocycles. The summed E-state index contributed by atoms with van der Waals surface area (Å²) in [5, 5.41) is 0. The Bertz CT molecular complexity index is 304. The minimum Gasteiger partial charge on any atom is -0.0988 e. The van der Waals surface area contributed by atoms with E-state index in [0.29, 0.717) is 0 Å². The zero-order valence-electron chi connectivity index (χ0n) is 10.2. The van der Waals surface area contributed by atoms with Gasteiger partial charge in [0.1, 0.15) is 0 Å². The largest absolute Gasteiger partial charge is 0.0988 e. The van der Waals surface area contributed by atoms with Crippen molar-refractivity contribution >= 4 is 0 Å². The van der Waals surface area contributed by atoms with E-state index in [0.717, 1.165) is 24.2 Å². The normalized spacial score (nSPS) is 31.3. The van der Waals surface area contributed by atoms with Crippen LogP contribution in [0.3, 0.4) is 0 Å². The van der Waals surface area contributed by atoms with Gasteiger partial charge >= 0.3 is 0 Å². The number of hydrogen-bond donors (Lipinski definition) is 0. The van der Waals surface area contributed by atoms with Crippen LogP contribution < -0.4 is 0 Å². The number of rotatable bonds is 5. The van der Waals surface area contributed by atoms with Crippen molar-refractivity contribution < 1.29 is 0 Å². The van der Waals surface area contributed by atoms with Crippen molar-refractivity contribution in [1.82, 2.24) is 0 Å². The molecule has 0 nitrogen and oxygen atoms in total.